The summed E-state index contributed by atoms with van der Waals surface area (Å²) in [5.74, 6) is 0. The number of rotatable bonds is 1. The van der Waals surface area contributed by atoms with E-state index in [-0.39, 0.29) is 0 Å². The Morgan fingerprint density at radius 3 is 2.25 bits per heavy atom. The minimum atomic E-state index is -0.625. The van der Waals surface area contributed by atoms with Gasteiger partial charge in [0.25, 0.3) is 0 Å². The average Bonchev–Trinajstić information content (AvgIpc) is 1.37. The Morgan fingerprint density at radius 1 is 2.00 bits per heavy atom. The van der Waals surface area contributed by atoms with Crippen molar-refractivity contribution in [2.45, 2.75) is 0 Å². The fraction of sp³-hybridized carbons (Fsp3) is 0. The van der Waals surface area contributed by atoms with E-state index in [1.165, 1.54) is 0 Å². The number of hydrogen-bond acceptors (Lipinski definition) is 1. The van der Waals surface area contributed by atoms with Crippen molar-refractivity contribution in [2.75, 3.05) is 0 Å². The lowest BCUT2D eigenvalue weighted by Gasteiger charge is -1.47. The fourth-order valence-electron chi connectivity index (χ4n) is 0. The van der Waals surface area contributed by atoms with Gasteiger partial charge in [-0.1, -0.05) is 0 Å². The monoisotopic (exact) mass is 302 g/mol. The maximum Gasteiger partial charge on any atom is 0.178 e. The molecule has 0 aromatic carbocycles. The Hall–Kier alpha value is 1.69. The summed E-state index contributed by atoms with van der Waals surface area (Å²) in [6.07, 6.45) is 0. The van der Waals surface area contributed by atoms with Gasteiger partial charge in [-0.25, -0.2) is 0 Å². The average molecular weight is 302 g/mol. The van der Waals surface area contributed by atoms with Crippen LogP contribution in [0.15, 0.2) is 0 Å². The molecule has 1 unspecified atom stereocenters. The lowest BCUT2D eigenvalue weighted by Crippen LogP contribution is -0.795. The van der Waals surface area contributed by atoms with E-state index in [4.69, 9.17) is 0 Å². The molecule has 4 heavy (non-hydrogen) atoms. The molecule has 0 aromatic rings. The molecule has 0 fully saturated rings. The first-order valence-corrected chi connectivity index (χ1v) is 8.64. The molecular formula is HI2OP. The Morgan fingerprint density at radius 2 is 2.25 bits per heavy atom. The lowest BCUT2D eigenvalue weighted by molar-refractivity contribution is 0.649. The molecule has 1 atom stereocenters. The third-order valence-corrected chi connectivity index (χ3v) is 3.94. The van der Waals surface area contributed by atoms with Crippen LogP contribution in [0.2, 0.25) is 0 Å². The van der Waals surface area contributed by atoms with Crippen molar-refractivity contribution in [1.29, 1.82) is 0 Å². The second-order valence-electron chi connectivity index (χ2n) is 0.149. The van der Waals surface area contributed by atoms with E-state index in [2.05, 4.69) is 22.0 Å². The molecular weight excluding hydrogens is 301 g/mol. The molecule has 4 heteroatoms. The molecule has 0 N–H and O–H groups in total. The van der Waals surface area contributed by atoms with E-state index in [1.54, 1.807) is 0 Å². The molecule has 0 aliphatic rings. The first kappa shape index (κ1) is 5.69. The van der Waals surface area contributed by atoms with Crippen molar-refractivity contribution in [3.8, 4) is 0 Å². The number of halogens is 2. The Balaban J connectivity index is 2.30. The largest absolute Gasteiger partial charge is 0.265 e. The summed E-state index contributed by atoms with van der Waals surface area (Å²) in [6, 6.07) is 0. The van der Waals surface area contributed by atoms with Crippen LogP contribution in [-0.4, -0.2) is 0 Å². The van der Waals surface area contributed by atoms with Crippen molar-refractivity contribution in [3.05, 3.63) is 0 Å². The molecule has 0 saturated carbocycles. The van der Waals surface area contributed by atoms with E-state index in [1.807, 2.05) is 0 Å². The highest BCUT2D eigenvalue weighted by Gasteiger charge is 1.57. The highest BCUT2D eigenvalue weighted by molar-refractivity contribution is 14.3. The normalized spacial score (nSPS) is 10.2. The maximum absolute atomic E-state index is 9.41. The van der Waals surface area contributed by atoms with Gasteiger partial charge in [0.05, 0.1) is 0 Å². The maximum atomic E-state index is 9.41. The van der Waals surface area contributed by atoms with E-state index in [0.29, 0.717) is 3.87 Å². The third kappa shape index (κ3) is 3.69. The van der Waals surface area contributed by atoms with Gasteiger partial charge in [-0.3, -0.25) is 3.07 Å². The lowest BCUT2D eigenvalue weighted by atomic mass is 16.0. The topological polar surface area (TPSA) is 17.1 Å². The van der Waals surface area contributed by atoms with Crippen molar-refractivity contribution >= 4 is 46.5 Å². The zero-order valence-corrected chi connectivity index (χ0v) is 6.98. The van der Waals surface area contributed by atoms with Crippen LogP contribution in [0.4, 0.5) is 0 Å². The minimum Gasteiger partial charge on any atom is -0.265 e. The summed E-state index contributed by atoms with van der Waals surface area (Å²) >= 11 is 1.49. The molecule has 0 saturated heterocycles. The summed E-state index contributed by atoms with van der Waals surface area (Å²) in [7, 11) is 0. The van der Waals surface area contributed by atoms with Crippen LogP contribution in [0.1, 0.15) is 0 Å². The zero-order chi connectivity index (χ0) is 3.41. The Bertz CT molecular complexity index is 20.0. The van der Waals surface area contributed by atoms with E-state index in [0.717, 1.165) is 0 Å². The highest BCUT2D eigenvalue weighted by atomic mass is 127. The molecule has 0 heterocycles. The molecule has 0 aliphatic carbocycles. The van der Waals surface area contributed by atoms with Crippen LogP contribution in [0.3, 0.4) is 0 Å². The second kappa shape index (κ2) is 4.69. The second-order valence-corrected chi connectivity index (χ2v) is 11.2. The standard InChI is InChI=1S/HI2OP/c1-4-2-3/h4H. The van der Waals surface area contributed by atoms with Crippen LogP contribution in [0.25, 0.3) is 0 Å². The SMILES string of the molecule is O=IPI. The van der Waals surface area contributed by atoms with Gasteiger partial charge in [-0.05, 0) is 22.0 Å². The third-order valence-electron chi connectivity index (χ3n) is 0.0292. The molecule has 26 valence electrons. The smallest absolute Gasteiger partial charge is 0.178 e. The highest BCUT2D eigenvalue weighted by Crippen LogP contribution is 2.34. The first-order valence-electron chi connectivity index (χ1n) is 0.532. The van der Waals surface area contributed by atoms with Crippen molar-refractivity contribution in [2.24, 2.45) is 0 Å². The predicted molar refractivity (Wildman–Crippen MR) is 37.0 cm³/mol. The number of hydrogen-bond donors (Lipinski definition) is 0. The summed E-state index contributed by atoms with van der Waals surface area (Å²) < 4.78 is 10.1. The summed E-state index contributed by atoms with van der Waals surface area (Å²) in [6.45, 7) is 0. The molecule has 0 aromatic heterocycles. The van der Waals surface area contributed by atoms with Crippen molar-refractivity contribution < 1.29 is 3.07 Å². The van der Waals surface area contributed by atoms with Crippen LogP contribution in [-0.2, 0) is 3.07 Å². The molecule has 1 nitrogen and oxygen atoms in total. The molecule has 0 rings (SSSR count). The molecule has 0 amide bonds. The molecule has 0 spiro atoms. The van der Waals surface area contributed by atoms with Gasteiger partial charge in [0, 0.05) is 3.87 Å². The van der Waals surface area contributed by atoms with Crippen LogP contribution < -0.4 is 0 Å². The zero-order valence-electron chi connectivity index (χ0n) is 1.66. The van der Waals surface area contributed by atoms with E-state index in [9.17, 15) is 3.07 Å². The summed E-state index contributed by atoms with van der Waals surface area (Å²) in [5, 5.41) is 0. The quantitative estimate of drug-likeness (QED) is 0.536. The summed E-state index contributed by atoms with van der Waals surface area (Å²) in [5.41, 5.74) is 0. The van der Waals surface area contributed by atoms with Crippen molar-refractivity contribution in [3.63, 3.8) is 0 Å². The van der Waals surface area contributed by atoms with Crippen LogP contribution >= 0.6 is 46.5 Å². The molecule has 0 aliphatic heterocycles. The van der Waals surface area contributed by atoms with Crippen LogP contribution in [0, 0.1) is 0 Å². The fourth-order valence-corrected chi connectivity index (χ4v) is 0. The Kier molecular flexibility index (Phi) is 6.67. The van der Waals surface area contributed by atoms with Gasteiger partial charge in [0.15, 0.2) is 20.6 Å². The van der Waals surface area contributed by atoms with Gasteiger partial charge in [-0.2, -0.15) is 0 Å². The van der Waals surface area contributed by atoms with Crippen LogP contribution in [0.5, 0.6) is 0 Å². The molecule has 0 bridgehead atoms. The van der Waals surface area contributed by atoms with E-state index >= 15 is 0 Å². The van der Waals surface area contributed by atoms with Gasteiger partial charge in [0.1, 0.15) is 0 Å². The van der Waals surface area contributed by atoms with Gasteiger partial charge < -0.3 is 0 Å². The molecule has 0 radical (unpaired) electrons. The first-order chi connectivity index (χ1) is 1.91. The van der Waals surface area contributed by atoms with Gasteiger partial charge in [-0.15, -0.1) is 0 Å². The Labute approximate surface area is 49.2 Å². The van der Waals surface area contributed by atoms with Gasteiger partial charge in [0.2, 0.25) is 0 Å². The van der Waals surface area contributed by atoms with Crippen molar-refractivity contribution in [1.82, 2.24) is 0 Å². The van der Waals surface area contributed by atoms with Gasteiger partial charge >= 0.3 is 0 Å². The predicted octanol–water partition coefficient (Wildman–Crippen LogP) is 2.25. The minimum absolute atomic E-state index is 0.625. The van der Waals surface area contributed by atoms with E-state index < -0.39 is 20.6 Å². The summed E-state index contributed by atoms with van der Waals surface area (Å²) in [4.78, 5) is 0.